The molecular formula is C22H25FN4O4. The van der Waals surface area contributed by atoms with Gasteiger partial charge in [0.05, 0.1) is 19.8 Å². The number of hydrogen-bond acceptors (Lipinski definition) is 5. The Morgan fingerprint density at radius 1 is 1.19 bits per heavy atom. The van der Waals surface area contributed by atoms with Crippen molar-refractivity contribution < 1.29 is 23.5 Å². The summed E-state index contributed by atoms with van der Waals surface area (Å²) in [6.45, 7) is 4.60. The number of nitrogens with one attached hydrogen (secondary N) is 1. The first-order valence-corrected chi connectivity index (χ1v) is 10.3. The molecule has 1 aromatic heterocycles. The van der Waals surface area contributed by atoms with Gasteiger partial charge >= 0.3 is 6.03 Å². The predicted octanol–water partition coefficient (Wildman–Crippen LogP) is 2.69. The molecule has 0 spiro atoms. The maximum atomic E-state index is 13.7. The second-order valence-corrected chi connectivity index (χ2v) is 7.63. The van der Waals surface area contributed by atoms with Crippen molar-refractivity contribution in [1.29, 1.82) is 0 Å². The van der Waals surface area contributed by atoms with E-state index in [9.17, 15) is 14.0 Å². The molecule has 2 aromatic rings. The average Bonchev–Trinajstić information content (AvgIpc) is 3.25. The van der Waals surface area contributed by atoms with Gasteiger partial charge in [-0.15, -0.1) is 0 Å². The fourth-order valence-corrected chi connectivity index (χ4v) is 3.62. The van der Waals surface area contributed by atoms with Crippen LogP contribution in [0.4, 0.5) is 14.9 Å². The lowest BCUT2D eigenvalue weighted by Crippen LogP contribution is -2.41. The maximum Gasteiger partial charge on any atom is 0.321 e. The molecule has 3 heterocycles. The van der Waals surface area contributed by atoms with Gasteiger partial charge < -0.3 is 24.6 Å². The second-order valence-electron chi connectivity index (χ2n) is 7.63. The van der Waals surface area contributed by atoms with E-state index in [2.05, 4.69) is 10.3 Å². The number of benzene rings is 1. The van der Waals surface area contributed by atoms with E-state index in [1.54, 1.807) is 47.2 Å². The highest BCUT2D eigenvalue weighted by molar-refractivity contribution is 5.96. The van der Waals surface area contributed by atoms with Crippen molar-refractivity contribution in [3.05, 3.63) is 53.5 Å². The molecule has 2 fully saturated rings. The molecular weight excluding hydrogens is 403 g/mol. The van der Waals surface area contributed by atoms with Gasteiger partial charge in [0, 0.05) is 37.9 Å². The largest absolute Gasteiger partial charge is 0.472 e. The monoisotopic (exact) mass is 428 g/mol. The minimum atomic E-state index is -0.368. The van der Waals surface area contributed by atoms with E-state index in [-0.39, 0.29) is 29.7 Å². The number of carbonyl (C=O) groups is 2. The van der Waals surface area contributed by atoms with Crippen molar-refractivity contribution in [1.82, 2.24) is 14.8 Å². The molecule has 1 atom stereocenters. The third-order valence-corrected chi connectivity index (χ3v) is 5.43. The van der Waals surface area contributed by atoms with E-state index in [1.165, 1.54) is 6.07 Å². The van der Waals surface area contributed by atoms with Gasteiger partial charge in [-0.25, -0.2) is 14.2 Å². The molecule has 8 nitrogen and oxygen atoms in total. The summed E-state index contributed by atoms with van der Waals surface area (Å²) in [7, 11) is 0. The summed E-state index contributed by atoms with van der Waals surface area (Å²) in [6.07, 6.45) is 1.90. The summed E-state index contributed by atoms with van der Waals surface area (Å²) in [5.74, 6) is -0.236. The fourth-order valence-electron chi connectivity index (χ4n) is 3.62. The maximum absolute atomic E-state index is 13.7. The first-order valence-electron chi connectivity index (χ1n) is 10.3. The van der Waals surface area contributed by atoms with Gasteiger partial charge in [0.25, 0.3) is 5.91 Å². The van der Waals surface area contributed by atoms with Crippen LogP contribution < -0.4 is 10.1 Å². The smallest absolute Gasteiger partial charge is 0.321 e. The minimum absolute atomic E-state index is 0.139. The number of aromatic nitrogens is 1. The molecule has 2 saturated heterocycles. The Morgan fingerprint density at radius 2 is 2.00 bits per heavy atom. The molecule has 1 N–H and O–H groups in total. The molecule has 164 valence electrons. The molecule has 0 bridgehead atoms. The van der Waals surface area contributed by atoms with Crippen LogP contribution in [0.25, 0.3) is 0 Å². The van der Waals surface area contributed by atoms with Gasteiger partial charge in [-0.05, 0) is 36.8 Å². The van der Waals surface area contributed by atoms with Crippen LogP contribution in [-0.4, -0.2) is 72.2 Å². The molecule has 9 heteroatoms. The van der Waals surface area contributed by atoms with Crippen LogP contribution in [0.2, 0.25) is 0 Å². The molecule has 3 amide bonds. The van der Waals surface area contributed by atoms with Gasteiger partial charge in [0.2, 0.25) is 5.88 Å². The van der Waals surface area contributed by atoms with Crippen molar-refractivity contribution in [2.45, 2.75) is 19.4 Å². The quantitative estimate of drug-likeness (QED) is 0.810. The van der Waals surface area contributed by atoms with Crippen LogP contribution in [0.5, 0.6) is 5.88 Å². The molecule has 1 unspecified atom stereocenters. The number of ether oxygens (including phenoxy) is 2. The van der Waals surface area contributed by atoms with E-state index < -0.39 is 0 Å². The van der Waals surface area contributed by atoms with E-state index in [0.717, 1.165) is 0 Å². The number of nitrogens with zero attached hydrogens (tertiary/aromatic N) is 3. The lowest BCUT2D eigenvalue weighted by Gasteiger charge is -2.27. The number of morpholine rings is 1. The predicted molar refractivity (Wildman–Crippen MR) is 112 cm³/mol. The summed E-state index contributed by atoms with van der Waals surface area (Å²) in [6, 6.07) is 7.67. The Balaban J connectivity index is 1.37. The Hall–Kier alpha value is -3.20. The van der Waals surface area contributed by atoms with Gasteiger partial charge in [-0.3, -0.25) is 4.79 Å². The molecule has 0 radical (unpaired) electrons. The molecule has 2 aliphatic heterocycles. The Morgan fingerprint density at radius 3 is 2.77 bits per heavy atom. The molecule has 4 rings (SSSR count). The SMILES string of the molecule is Cc1ccc(NC(=O)N2CCC(Oc3ncccc3C(=O)N3CCOCC3)C2)cc1F. The lowest BCUT2D eigenvalue weighted by atomic mass is 10.2. The number of aryl methyl sites for hydroxylation is 1. The highest BCUT2D eigenvalue weighted by atomic mass is 19.1. The lowest BCUT2D eigenvalue weighted by molar-refractivity contribution is 0.0298. The summed E-state index contributed by atoms with van der Waals surface area (Å²) in [5.41, 5.74) is 1.33. The number of halogens is 1. The van der Waals surface area contributed by atoms with Crippen LogP contribution in [0.15, 0.2) is 36.5 Å². The Labute approximate surface area is 179 Å². The van der Waals surface area contributed by atoms with E-state index in [4.69, 9.17) is 9.47 Å². The molecule has 31 heavy (non-hydrogen) atoms. The van der Waals surface area contributed by atoms with Gasteiger partial charge in [0.1, 0.15) is 17.5 Å². The van der Waals surface area contributed by atoms with Gasteiger partial charge in [-0.1, -0.05) is 6.07 Å². The highest BCUT2D eigenvalue weighted by Crippen LogP contribution is 2.23. The Bertz CT molecular complexity index is 964. The van der Waals surface area contributed by atoms with Gasteiger partial charge in [-0.2, -0.15) is 0 Å². The topological polar surface area (TPSA) is 84.0 Å². The number of amides is 3. The number of pyridine rings is 1. The summed E-state index contributed by atoms with van der Waals surface area (Å²) < 4.78 is 25.0. The first-order chi connectivity index (χ1) is 15.0. The zero-order chi connectivity index (χ0) is 21.8. The van der Waals surface area contributed by atoms with Crippen molar-refractivity contribution in [3.8, 4) is 5.88 Å². The summed E-state index contributed by atoms with van der Waals surface area (Å²) >= 11 is 0. The molecule has 0 aliphatic carbocycles. The molecule has 1 aromatic carbocycles. The standard InChI is InChI=1S/C22H25FN4O4/c1-15-4-5-16(13-19(15)23)25-22(29)27-8-6-17(14-27)31-20-18(3-2-7-24-20)21(28)26-9-11-30-12-10-26/h2-5,7,13,17H,6,8-12,14H2,1H3,(H,25,29). The van der Waals surface area contributed by atoms with Crippen LogP contribution in [0.3, 0.4) is 0 Å². The molecule has 0 saturated carbocycles. The summed E-state index contributed by atoms with van der Waals surface area (Å²) in [5, 5.41) is 2.71. The molecule has 2 aliphatic rings. The van der Waals surface area contributed by atoms with Crippen molar-refractivity contribution in [2.24, 2.45) is 0 Å². The minimum Gasteiger partial charge on any atom is -0.472 e. The second kappa shape index (κ2) is 9.30. The van der Waals surface area contributed by atoms with Gasteiger partial charge in [0.15, 0.2) is 0 Å². The number of rotatable bonds is 4. The van der Waals surface area contributed by atoms with Crippen molar-refractivity contribution in [2.75, 3.05) is 44.7 Å². The summed E-state index contributed by atoms with van der Waals surface area (Å²) in [4.78, 5) is 33.0. The zero-order valence-electron chi connectivity index (χ0n) is 17.3. The number of urea groups is 1. The number of anilines is 1. The van der Waals surface area contributed by atoms with E-state index >= 15 is 0 Å². The van der Waals surface area contributed by atoms with Crippen LogP contribution >= 0.6 is 0 Å². The van der Waals surface area contributed by atoms with Crippen molar-refractivity contribution in [3.63, 3.8) is 0 Å². The first kappa shape index (κ1) is 21.0. The van der Waals surface area contributed by atoms with Crippen LogP contribution in [-0.2, 0) is 4.74 Å². The Kier molecular flexibility index (Phi) is 6.31. The highest BCUT2D eigenvalue weighted by Gasteiger charge is 2.30. The average molecular weight is 428 g/mol. The number of likely N-dealkylation sites (tertiary alicyclic amines) is 1. The van der Waals surface area contributed by atoms with E-state index in [1.807, 2.05) is 0 Å². The van der Waals surface area contributed by atoms with Crippen molar-refractivity contribution >= 4 is 17.6 Å². The van der Waals surface area contributed by atoms with E-state index in [0.29, 0.717) is 62.6 Å². The zero-order valence-corrected chi connectivity index (χ0v) is 17.3. The third-order valence-electron chi connectivity index (χ3n) is 5.43. The number of carbonyl (C=O) groups excluding carboxylic acids is 2. The number of hydrogen-bond donors (Lipinski definition) is 1. The normalized spacial score (nSPS) is 18.7. The van der Waals surface area contributed by atoms with Crippen LogP contribution in [0.1, 0.15) is 22.3 Å². The fraction of sp³-hybridized carbons (Fsp3) is 0.409. The van der Waals surface area contributed by atoms with Crippen LogP contribution in [0, 0.1) is 12.7 Å². The third kappa shape index (κ3) is 4.93.